The van der Waals surface area contributed by atoms with Crippen molar-refractivity contribution in [2.24, 2.45) is 0 Å². The lowest BCUT2D eigenvalue weighted by molar-refractivity contribution is 0.0601. The Labute approximate surface area is 120 Å². The van der Waals surface area contributed by atoms with Gasteiger partial charge in [0.15, 0.2) is 0 Å². The van der Waals surface area contributed by atoms with Crippen LogP contribution in [0.4, 0.5) is 21.5 Å². The van der Waals surface area contributed by atoms with E-state index in [1.807, 2.05) is 0 Å². The highest BCUT2D eigenvalue weighted by atomic mass is 35.5. The van der Waals surface area contributed by atoms with Crippen LogP contribution in [0.5, 0.6) is 0 Å². The minimum Gasteiger partial charge on any atom is -0.465 e. The number of rotatable bonds is 3. The summed E-state index contributed by atoms with van der Waals surface area (Å²) >= 11 is 5.96. The average Bonchev–Trinajstić information content (AvgIpc) is 2.44. The molecule has 0 saturated carbocycles. The van der Waals surface area contributed by atoms with E-state index >= 15 is 0 Å². The first kappa shape index (κ1) is 14.1. The van der Waals surface area contributed by atoms with Gasteiger partial charge < -0.3 is 15.8 Å². The first-order chi connectivity index (χ1) is 9.51. The molecule has 0 aliphatic carbocycles. The standard InChI is InChI=1S/C14H12ClFN2O2/c1-20-14(19)8-2-5-12(11(17)6-8)18-13-7-9(16)3-4-10(13)15/h2-7,18H,17H2,1H3. The molecule has 0 aliphatic heterocycles. The molecule has 0 fully saturated rings. The highest BCUT2D eigenvalue weighted by Crippen LogP contribution is 2.29. The first-order valence-corrected chi connectivity index (χ1v) is 6.09. The molecule has 2 aromatic carbocycles. The van der Waals surface area contributed by atoms with E-state index in [-0.39, 0.29) is 0 Å². The van der Waals surface area contributed by atoms with Gasteiger partial charge in [-0.3, -0.25) is 0 Å². The number of esters is 1. The molecule has 0 aromatic heterocycles. The van der Waals surface area contributed by atoms with E-state index in [4.69, 9.17) is 17.3 Å². The van der Waals surface area contributed by atoms with E-state index in [0.29, 0.717) is 27.6 Å². The number of nitrogen functional groups attached to an aromatic ring is 1. The number of anilines is 3. The minimum atomic E-state index is -0.480. The summed E-state index contributed by atoms with van der Waals surface area (Å²) in [7, 11) is 1.29. The molecule has 3 N–H and O–H groups in total. The maximum absolute atomic E-state index is 13.2. The van der Waals surface area contributed by atoms with Gasteiger partial charge in [0.2, 0.25) is 0 Å². The summed E-state index contributed by atoms with van der Waals surface area (Å²) in [5.41, 5.74) is 7.42. The zero-order chi connectivity index (χ0) is 14.7. The predicted molar refractivity (Wildman–Crippen MR) is 76.9 cm³/mol. The number of carbonyl (C=O) groups is 1. The number of nitrogens with one attached hydrogen (secondary N) is 1. The summed E-state index contributed by atoms with van der Waals surface area (Å²) in [6.07, 6.45) is 0. The van der Waals surface area contributed by atoms with Crippen molar-refractivity contribution in [3.8, 4) is 0 Å². The quantitative estimate of drug-likeness (QED) is 0.671. The number of hydrogen-bond donors (Lipinski definition) is 2. The first-order valence-electron chi connectivity index (χ1n) is 5.71. The smallest absolute Gasteiger partial charge is 0.337 e. The lowest BCUT2D eigenvalue weighted by Crippen LogP contribution is -2.04. The molecule has 6 heteroatoms. The summed E-state index contributed by atoms with van der Waals surface area (Å²) in [5, 5.41) is 3.28. The third-order valence-corrected chi connectivity index (χ3v) is 3.00. The number of hydrogen-bond acceptors (Lipinski definition) is 4. The van der Waals surface area contributed by atoms with Gasteiger partial charge >= 0.3 is 5.97 Å². The molecular formula is C14H12ClFN2O2. The molecule has 2 aromatic rings. The maximum atomic E-state index is 13.2. The van der Waals surface area contributed by atoms with Crippen molar-refractivity contribution in [1.82, 2.24) is 0 Å². The summed E-state index contributed by atoms with van der Waals surface area (Å²) < 4.78 is 17.8. The van der Waals surface area contributed by atoms with E-state index in [1.165, 1.54) is 31.4 Å². The van der Waals surface area contributed by atoms with Crippen LogP contribution in [0.25, 0.3) is 0 Å². The van der Waals surface area contributed by atoms with E-state index in [2.05, 4.69) is 10.1 Å². The predicted octanol–water partition coefficient (Wildman–Crippen LogP) is 3.59. The number of methoxy groups -OCH3 is 1. The summed E-state index contributed by atoms with van der Waals surface area (Å²) in [6.45, 7) is 0. The van der Waals surface area contributed by atoms with Crippen molar-refractivity contribution in [3.05, 3.63) is 52.8 Å². The van der Waals surface area contributed by atoms with E-state index in [9.17, 15) is 9.18 Å². The molecule has 0 radical (unpaired) electrons. The summed E-state index contributed by atoms with van der Waals surface area (Å²) in [6, 6.07) is 8.59. The Morgan fingerprint density at radius 3 is 2.65 bits per heavy atom. The Morgan fingerprint density at radius 2 is 2.00 bits per heavy atom. The summed E-state index contributed by atoms with van der Waals surface area (Å²) in [4.78, 5) is 11.4. The van der Waals surface area contributed by atoms with E-state index in [1.54, 1.807) is 12.1 Å². The third-order valence-electron chi connectivity index (χ3n) is 2.67. The molecule has 0 aliphatic rings. The van der Waals surface area contributed by atoms with Crippen molar-refractivity contribution < 1.29 is 13.9 Å². The molecule has 0 atom stereocenters. The molecule has 4 nitrogen and oxygen atoms in total. The van der Waals surface area contributed by atoms with Crippen LogP contribution in [0.2, 0.25) is 5.02 Å². The molecule has 0 heterocycles. The fourth-order valence-corrected chi connectivity index (χ4v) is 1.82. The number of benzene rings is 2. The van der Waals surface area contributed by atoms with Gasteiger partial charge in [-0.1, -0.05) is 11.6 Å². The Hall–Kier alpha value is -2.27. The number of nitrogens with two attached hydrogens (primary N) is 1. The molecule has 0 bridgehead atoms. The highest BCUT2D eigenvalue weighted by molar-refractivity contribution is 6.33. The largest absolute Gasteiger partial charge is 0.465 e. The van der Waals surface area contributed by atoms with Gasteiger partial charge in [-0.2, -0.15) is 0 Å². The van der Waals surface area contributed by atoms with Gasteiger partial charge in [0.05, 0.1) is 34.8 Å². The van der Waals surface area contributed by atoms with Crippen LogP contribution in [0.3, 0.4) is 0 Å². The van der Waals surface area contributed by atoms with Crippen molar-refractivity contribution in [1.29, 1.82) is 0 Å². The Morgan fingerprint density at radius 1 is 1.25 bits per heavy atom. The molecule has 2 rings (SSSR count). The van der Waals surface area contributed by atoms with Gasteiger partial charge in [0.1, 0.15) is 5.82 Å². The Bertz CT molecular complexity index is 662. The maximum Gasteiger partial charge on any atom is 0.337 e. The third kappa shape index (κ3) is 3.00. The van der Waals surface area contributed by atoms with Crippen LogP contribution >= 0.6 is 11.6 Å². The molecular weight excluding hydrogens is 283 g/mol. The monoisotopic (exact) mass is 294 g/mol. The zero-order valence-electron chi connectivity index (χ0n) is 10.6. The second-order valence-electron chi connectivity index (χ2n) is 4.04. The topological polar surface area (TPSA) is 64.3 Å². The second-order valence-corrected chi connectivity index (χ2v) is 4.45. The van der Waals surface area contributed by atoms with Gasteiger partial charge in [0, 0.05) is 0 Å². The minimum absolute atomic E-state index is 0.327. The normalized spacial score (nSPS) is 10.2. The van der Waals surface area contributed by atoms with Crippen molar-refractivity contribution >= 4 is 34.6 Å². The van der Waals surface area contributed by atoms with Crippen molar-refractivity contribution in [2.45, 2.75) is 0 Å². The van der Waals surface area contributed by atoms with Gasteiger partial charge in [0.25, 0.3) is 0 Å². The lowest BCUT2D eigenvalue weighted by atomic mass is 10.1. The Kier molecular flexibility index (Phi) is 4.10. The van der Waals surface area contributed by atoms with Crippen LogP contribution in [0.15, 0.2) is 36.4 Å². The highest BCUT2D eigenvalue weighted by Gasteiger charge is 2.09. The van der Waals surface area contributed by atoms with Crippen LogP contribution in [0, 0.1) is 5.82 Å². The van der Waals surface area contributed by atoms with Gasteiger partial charge in [-0.25, -0.2) is 9.18 Å². The number of ether oxygens (including phenoxy) is 1. The van der Waals surface area contributed by atoms with E-state index < -0.39 is 11.8 Å². The van der Waals surface area contributed by atoms with Crippen LogP contribution in [-0.2, 0) is 4.74 Å². The SMILES string of the molecule is COC(=O)c1ccc(Nc2cc(F)ccc2Cl)c(N)c1. The lowest BCUT2D eigenvalue weighted by Gasteiger charge is -2.11. The van der Waals surface area contributed by atoms with Gasteiger partial charge in [-0.05, 0) is 36.4 Å². The zero-order valence-corrected chi connectivity index (χ0v) is 11.4. The second kappa shape index (κ2) is 5.79. The van der Waals surface area contributed by atoms with Crippen molar-refractivity contribution in [2.75, 3.05) is 18.2 Å². The molecule has 0 saturated heterocycles. The molecule has 0 unspecified atom stereocenters. The molecule has 104 valence electrons. The summed E-state index contributed by atoms with van der Waals surface area (Å²) in [5.74, 6) is -0.895. The van der Waals surface area contributed by atoms with Crippen LogP contribution in [-0.4, -0.2) is 13.1 Å². The number of halogens is 2. The van der Waals surface area contributed by atoms with Crippen LogP contribution < -0.4 is 11.1 Å². The molecule has 0 spiro atoms. The fourth-order valence-electron chi connectivity index (χ4n) is 1.66. The van der Waals surface area contributed by atoms with E-state index in [0.717, 1.165) is 0 Å². The van der Waals surface area contributed by atoms with Crippen LogP contribution in [0.1, 0.15) is 10.4 Å². The van der Waals surface area contributed by atoms with Gasteiger partial charge in [-0.15, -0.1) is 0 Å². The fraction of sp³-hybridized carbons (Fsp3) is 0.0714. The average molecular weight is 295 g/mol. The molecule has 0 amide bonds. The molecule has 20 heavy (non-hydrogen) atoms. The Balaban J connectivity index is 2.30. The number of carbonyl (C=O) groups excluding carboxylic acids is 1. The van der Waals surface area contributed by atoms with Crippen molar-refractivity contribution in [3.63, 3.8) is 0 Å².